The maximum atomic E-state index is 5.60. The second kappa shape index (κ2) is 4.60. The summed E-state index contributed by atoms with van der Waals surface area (Å²) in [4.78, 5) is 2.63. The number of nitrogens with zero attached hydrogens (tertiary/aromatic N) is 1. The van der Waals surface area contributed by atoms with Crippen LogP contribution in [0, 0.1) is 5.92 Å². The van der Waals surface area contributed by atoms with E-state index >= 15 is 0 Å². The highest BCUT2D eigenvalue weighted by molar-refractivity contribution is 4.92. The Labute approximate surface area is 86.6 Å². The van der Waals surface area contributed by atoms with Gasteiger partial charge < -0.3 is 15.4 Å². The number of rotatable bonds is 5. The van der Waals surface area contributed by atoms with Crippen LogP contribution in [0.1, 0.15) is 25.7 Å². The minimum atomic E-state index is 0.258. The minimum absolute atomic E-state index is 0.258. The number of ether oxygens (including phenoxy) is 1. The van der Waals surface area contributed by atoms with Crippen LogP contribution in [0.5, 0.6) is 0 Å². The summed E-state index contributed by atoms with van der Waals surface area (Å²) < 4.78 is 5.29. The van der Waals surface area contributed by atoms with Gasteiger partial charge in [0.15, 0.2) is 0 Å². The third-order valence-electron chi connectivity index (χ3n) is 3.86. The quantitative estimate of drug-likeness (QED) is 0.711. The minimum Gasteiger partial charge on any atom is -0.380 e. The van der Waals surface area contributed by atoms with E-state index in [-0.39, 0.29) is 6.10 Å². The van der Waals surface area contributed by atoms with Gasteiger partial charge in [0.1, 0.15) is 0 Å². The summed E-state index contributed by atoms with van der Waals surface area (Å²) in [7, 11) is 1.76. The zero-order valence-corrected chi connectivity index (χ0v) is 9.11. The molecule has 14 heavy (non-hydrogen) atoms. The molecule has 3 nitrogen and oxygen atoms in total. The molecule has 0 aromatic carbocycles. The second-order valence-electron chi connectivity index (χ2n) is 4.71. The summed E-state index contributed by atoms with van der Waals surface area (Å²) >= 11 is 0. The lowest BCUT2D eigenvalue weighted by molar-refractivity contribution is 0.0841. The topological polar surface area (TPSA) is 38.5 Å². The van der Waals surface area contributed by atoms with Crippen LogP contribution in [0.4, 0.5) is 0 Å². The van der Waals surface area contributed by atoms with Crippen molar-refractivity contribution in [1.29, 1.82) is 0 Å². The predicted molar refractivity (Wildman–Crippen MR) is 57.2 cm³/mol. The van der Waals surface area contributed by atoms with E-state index in [1.807, 2.05) is 0 Å². The Balaban J connectivity index is 1.71. The van der Waals surface area contributed by atoms with Crippen LogP contribution >= 0.6 is 0 Å². The van der Waals surface area contributed by atoms with Crippen molar-refractivity contribution in [2.45, 2.75) is 37.8 Å². The lowest BCUT2D eigenvalue weighted by Gasteiger charge is -2.27. The Bertz CT molecular complexity index is 182. The Hall–Kier alpha value is -0.120. The zero-order valence-electron chi connectivity index (χ0n) is 9.11. The average Bonchev–Trinajstić information content (AvgIpc) is 2.80. The van der Waals surface area contributed by atoms with Crippen molar-refractivity contribution in [2.24, 2.45) is 11.7 Å². The Kier molecular flexibility index (Phi) is 3.42. The van der Waals surface area contributed by atoms with Crippen molar-refractivity contribution >= 4 is 0 Å². The molecule has 0 spiro atoms. The lowest BCUT2D eigenvalue weighted by atomic mass is 10.1. The fourth-order valence-corrected chi connectivity index (χ4v) is 2.94. The first-order valence-corrected chi connectivity index (χ1v) is 5.80. The molecule has 82 valence electrons. The lowest BCUT2D eigenvalue weighted by Crippen LogP contribution is -2.36. The number of hydrogen-bond acceptors (Lipinski definition) is 3. The molecule has 1 aliphatic carbocycles. The van der Waals surface area contributed by atoms with E-state index in [1.165, 1.54) is 32.4 Å². The largest absolute Gasteiger partial charge is 0.380 e. The van der Waals surface area contributed by atoms with Crippen molar-refractivity contribution in [1.82, 2.24) is 4.90 Å². The predicted octanol–water partition coefficient (Wildman–Crippen LogP) is 0.834. The summed E-state index contributed by atoms with van der Waals surface area (Å²) in [6.45, 7) is 3.15. The number of piperidine rings is 1. The van der Waals surface area contributed by atoms with Gasteiger partial charge in [0.25, 0.3) is 0 Å². The molecule has 1 saturated heterocycles. The van der Waals surface area contributed by atoms with Gasteiger partial charge in [-0.2, -0.15) is 0 Å². The van der Waals surface area contributed by atoms with Crippen LogP contribution in [0.25, 0.3) is 0 Å². The van der Waals surface area contributed by atoms with Gasteiger partial charge in [-0.05, 0) is 31.6 Å². The summed E-state index contributed by atoms with van der Waals surface area (Å²) in [5, 5.41) is 0. The van der Waals surface area contributed by atoms with Crippen LogP contribution in [-0.2, 0) is 4.74 Å². The van der Waals surface area contributed by atoms with Crippen LogP contribution in [-0.4, -0.2) is 43.8 Å². The maximum Gasteiger partial charge on any atom is 0.0705 e. The Morgan fingerprint density at radius 1 is 1.50 bits per heavy atom. The molecule has 1 aliphatic heterocycles. The van der Waals surface area contributed by atoms with Crippen molar-refractivity contribution in [3.63, 3.8) is 0 Å². The average molecular weight is 198 g/mol. The first-order chi connectivity index (χ1) is 6.83. The van der Waals surface area contributed by atoms with Gasteiger partial charge in [0.05, 0.1) is 6.10 Å². The summed E-state index contributed by atoms with van der Waals surface area (Å²) in [5.41, 5.74) is 5.60. The van der Waals surface area contributed by atoms with E-state index in [0.29, 0.717) is 6.54 Å². The molecule has 1 heterocycles. The highest BCUT2D eigenvalue weighted by Gasteiger charge is 2.37. The SMILES string of the molecule is COC(CN)CCN1CC2CCC1C2. The number of hydrogen-bond donors (Lipinski definition) is 1. The van der Waals surface area contributed by atoms with Gasteiger partial charge in [0.2, 0.25) is 0 Å². The molecule has 3 atom stereocenters. The van der Waals surface area contributed by atoms with E-state index in [0.717, 1.165) is 18.4 Å². The van der Waals surface area contributed by atoms with E-state index < -0.39 is 0 Å². The normalized spacial score (nSPS) is 33.9. The van der Waals surface area contributed by atoms with Gasteiger partial charge in [-0.15, -0.1) is 0 Å². The van der Waals surface area contributed by atoms with Crippen molar-refractivity contribution in [3.05, 3.63) is 0 Å². The monoisotopic (exact) mass is 198 g/mol. The molecule has 2 rings (SSSR count). The third kappa shape index (κ3) is 2.10. The maximum absolute atomic E-state index is 5.60. The molecular weight excluding hydrogens is 176 g/mol. The zero-order chi connectivity index (χ0) is 9.97. The van der Waals surface area contributed by atoms with E-state index in [4.69, 9.17) is 10.5 Å². The van der Waals surface area contributed by atoms with Crippen molar-refractivity contribution < 1.29 is 4.74 Å². The first kappa shape index (κ1) is 10.4. The fourth-order valence-electron chi connectivity index (χ4n) is 2.94. The molecule has 0 amide bonds. The summed E-state index contributed by atoms with van der Waals surface area (Å²) in [6, 6.07) is 0.885. The highest BCUT2D eigenvalue weighted by atomic mass is 16.5. The Morgan fingerprint density at radius 2 is 2.36 bits per heavy atom. The van der Waals surface area contributed by atoms with Gasteiger partial charge in [0, 0.05) is 32.8 Å². The van der Waals surface area contributed by atoms with E-state index in [1.54, 1.807) is 7.11 Å². The number of likely N-dealkylation sites (tertiary alicyclic amines) is 1. The van der Waals surface area contributed by atoms with Gasteiger partial charge in [-0.3, -0.25) is 0 Å². The second-order valence-corrected chi connectivity index (χ2v) is 4.71. The molecular formula is C11H22N2O. The molecule has 2 N–H and O–H groups in total. The molecule has 3 unspecified atom stereocenters. The van der Waals surface area contributed by atoms with Gasteiger partial charge in [-0.25, -0.2) is 0 Å². The first-order valence-electron chi connectivity index (χ1n) is 5.80. The van der Waals surface area contributed by atoms with Crippen LogP contribution in [0.2, 0.25) is 0 Å². The van der Waals surface area contributed by atoms with Crippen molar-refractivity contribution in [2.75, 3.05) is 26.7 Å². The smallest absolute Gasteiger partial charge is 0.0705 e. The molecule has 2 bridgehead atoms. The van der Waals surface area contributed by atoms with Crippen LogP contribution in [0.15, 0.2) is 0 Å². The number of nitrogens with two attached hydrogens (primary N) is 1. The molecule has 2 aliphatic rings. The van der Waals surface area contributed by atoms with Crippen LogP contribution < -0.4 is 5.73 Å². The van der Waals surface area contributed by atoms with Crippen LogP contribution in [0.3, 0.4) is 0 Å². The molecule has 0 radical (unpaired) electrons. The number of methoxy groups -OCH3 is 1. The van der Waals surface area contributed by atoms with E-state index in [9.17, 15) is 0 Å². The molecule has 0 aromatic rings. The van der Waals surface area contributed by atoms with Gasteiger partial charge >= 0.3 is 0 Å². The van der Waals surface area contributed by atoms with Crippen molar-refractivity contribution in [3.8, 4) is 0 Å². The number of fused-ring (bicyclic) bond motifs is 2. The third-order valence-corrected chi connectivity index (χ3v) is 3.86. The van der Waals surface area contributed by atoms with Gasteiger partial charge in [-0.1, -0.05) is 0 Å². The molecule has 1 saturated carbocycles. The molecule has 2 fully saturated rings. The molecule has 3 heteroatoms. The summed E-state index contributed by atoms with van der Waals surface area (Å²) in [6.07, 6.45) is 5.68. The fraction of sp³-hybridized carbons (Fsp3) is 1.00. The Morgan fingerprint density at radius 3 is 2.86 bits per heavy atom. The highest BCUT2D eigenvalue weighted by Crippen LogP contribution is 2.37. The summed E-state index contributed by atoms with van der Waals surface area (Å²) in [5.74, 6) is 0.999. The molecule has 0 aromatic heterocycles. The van der Waals surface area contributed by atoms with E-state index in [2.05, 4.69) is 4.90 Å². The standard InChI is InChI=1S/C11H22N2O/c1-14-11(7-12)4-5-13-8-9-2-3-10(13)6-9/h9-11H,2-8,12H2,1H3.